The highest BCUT2D eigenvalue weighted by Crippen LogP contribution is 2.48. The molecule has 3 heterocycles. The molecule has 2 unspecified atom stereocenters. The molecule has 0 spiro atoms. The standard InChI is InChI=1S/C23H24N2O8/c1-12-20(23(27)31-10-13-4-3-7-30-13)21(22-15(24-12)5-2-6-17(22)26)14-8-18-19(33-11-32-18)9-16(14)25(28)29/h8-9,13,21,24H,2-7,10-11H2,1H3. The molecule has 3 aliphatic heterocycles. The van der Waals surface area contributed by atoms with Gasteiger partial charge >= 0.3 is 5.97 Å². The molecule has 2 atom stereocenters. The predicted octanol–water partition coefficient (Wildman–Crippen LogP) is 3.01. The van der Waals surface area contributed by atoms with Crippen molar-refractivity contribution >= 4 is 17.4 Å². The summed E-state index contributed by atoms with van der Waals surface area (Å²) in [6.07, 6.45) is 3.14. The number of Topliss-reactive ketones (excluding diaryl/α,β-unsaturated/α-hetero) is 1. The number of carbonyl (C=O) groups is 2. The number of carbonyl (C=O) groups excluding carboxylic acids is 2. The maximum absolute atomic E-state index is 13.3. The van der Waals surface area contributed by atoms with Crippen LogP contribution in [0.2, 0.25) is 0 Å². The smallest absolute Gasteiger partial charge is 0.336 e. The van der Waals surface area contributed by atoms with Crippen LogP contribution >= 0.6 is 0 Å². The van der Waals surface area contributed by atoms with Crippen molar-refractivity contribution in [1.29, 1.82) is 0 Å². The number of esters is 1. The summed E-state index contributed by atoms with van der Waals surface area (Å²) < 4.78 is 21.9. The van der Waals surface area contributed by atoms with Gasteiger partial charge in [0.2, 0.25) is 6.79 Å². The second kappa shape index (κ2) is 8.51. The summed E-state index contributed by atoms with van der Waals surface area (Å²) in [7, 11) is 0. The van der Waals surface area contributed by atoms with E-state index in [4.69, 9.17) is 18.9 Å². The molecule has 1 aromatic carbocycles. The fourth-order valence-electron chi connectivity index (χ4n) is 4.92. The van der Waals surface area contributed by atoms with Gasteiger partial charge < -0.3 is 24.3 Å². The van der Waals surface area contributed by atoms with Crippen LogP contribution in [0.4, 0.5) is 5.69 Å². The predicted molar refractivity (Wildman–Crippen MR) is 114 cm³/mol. The summed E-state index contributed by atoms with van der Waals surface area (Å²) in [6, 6.07) is 2.79. The number of nitro groups is 1. The van der Waals surface area contributed by atoms with Gasteiger partial charge in [-0.2, -0.15) is 0 Å². The van der Waals surface area contributed by atoms with Crippen molar-refractivity contribution in [2.75, 3.05) is 20.0 Å². The number of rotatable bonds is 5. The van der Waals surface area contributed by atoms with Crippen molar-refractivity contribution in [2.24, 2.45) is 0 Å². The zero-order chi connectivity index (χ0) is 23.1. The minimum absolute atomic E-state index is 0.0554. The van der Waals surface area contributed by atoms with Crippen LogP contribution < -0.4 is 14.8 Å². The van der Waals surface area contributed by atoms with Gasteiger partial charge in [0.15, 0.2) is 17.3 Å². The van der Waals surface area contributed by atoms with Crippen LogP contribution in [0.5, 0.6) is 11.5 Å². The molecule has 1 saturated heterocycles. The van der Waals surface area contributed by atoms with Gasteiger partial charge in [0.05, 0.1) is 28.6 Å². The largest absolute Gasteiger partial charge is 0.459 e. The molecule has 1 fully saturated rings. The number of allylic oxidation sites excluding steroid dienone is 3. The van der Waals surface area contributed by atoms with Crippen molar-refractivity contribution in [3.8, 4) is 11.5 Å². The van der Waals surface area contributed by atoms with Crippen LogP contribution in [0, 0.1) is 10.1 Å². The van der Waals surface area contributed by atoms with Crippen molar-refractivity contribution in [2.45, 2.75) is 51.0 Å². The van der Waals surface area contributed by atoms with E-state index in [0.717, 1.165) is 12.8 Å². The van der Waals surface area contributed by atoms with Gasteiger partial charge in [0.1, 0.15) is 6.61 Å². The normalized spacial score (nSPS) is 24.0. The second-order valence-electron chi connectivity index (χ2n) is 8.52. The number of fused-ring (bicyclic) bond motifs is 1. The molecule has 4 aliphatic rings. The average Bonchev–Trinajstić information content (AvgIpc) is 3.47. The minimum Gasteiger partial charge on any atom is -0.459 e. The van der Waals surface area contributed by atoms with Gasteiger partial charge in [-0.25, -0.2) is 4.79 Å². The maximum Gasteiger partial charge on any atom is 0.336 e. The number of hydrogen-bond donors (Lipinski definition) is 1. The number of benzene rings is 1. The van der Waals surface area contributed by atoms with E-state index in [1.807, 2.05) is 0 Å². The number of ether oxygens (including phenoxy) is 4. The Morgan fingerprint density at radius 2 is 2.03 bits per heavy atom. The Labute approximate surface area is 189 Å². The summed E-state index contributed by atoms with van der Waals surface area (Å²) in [4.78, 5) is 37.8. The molecule has 10 nitrogen and oxygen atoms in total. The van der Waals surface area contributed by atoms with Crippen molar-refractivity contribution in [1.82, 2.24) is 5.32 Å². The van der Waals surface area contributed by atoms with Gasteiger partial charge in [-0.15, -0.1) is 0 Å². The van der Waals surface area contributed by atoms with E-state index < -0.39 is 16.8 Å². The van der Waals surface area contributed by atoms with Crippen molar-refractivity contribution < 1.29 is 33.5 Å². The van der Waals surface area contributed by atoms with E-state index in [-0.39, 0.29) is 47.9 Å². The van der Waals surface area contributed by atoms with Crippen LogP contribution in [0.15, 0.2) is 34.7 Å². The average molecular weight is 456 g/mol. The summed E-state index contributed by atoms with van der Waals surface area (Å²) in [5.74, 6) is -1.12. The van der Waals surface area contributed by atoms with Crippen molar-refractivity contribution in [3.63, 3.8) is 0 Å². The first-order chi connectivity index (χ1) is 15.9. The lowest BCUT2D eigenvalue weighted by atomic mass is 9.74. The maximum atomic E-state index is 13.3. The van der Waals surface area contributed by atoms with Crippen molar-refractivity contribution in [3.05, 3.63) is 50.4 Å². The van der Waals surface area contributed by atoms with Crippen LogP contribution in [-0.4, -0.2) is 42.8 Å². The Morgan fingerprint density at radius 3 is 2.76 bits per heavy atom. The summed E-state index contributed by atoms with van der Waals surface area (Å²) in [5, 5.41) is 15.2. The number of nitrogens with zero attached hydrogens (tertiary/aromatic N) is 1. The van der Waals surface area contributed by atoms with Crippen LogP contribution in [0.3, 0.4) is 0 Å². The van der Waals surface area contributed by atoms with Gasteiger partial charge in [0.25, 0.3) is 5.69 Å². The third kappa shape index (κ3) is 3.84. The number of hydrogen-bond acceptors (Lipinski definition) is 9. The third-order valence-electron chi connectivity index (χ3n) is 6.45. The zero-order valence-corrected chi connectivity index (χ0v) is 18.2. The molecule has 1 aliphatic carbocycles. The second-order valence-corrected chi connectivity index (χ2v) is 8.52. The molecule has 174 valence electrons. The summed E-state index contributed by atoms with van der Waals surface area (Å²) >= 11 is 0. The number of ketones is 1. The Bertz CT molecular complexity index is 1100. The Kier molecular flexibility index (Phi) is 5.53. The lowest BCUT2D eigenvalue weighted by Gasteiger charge is -2.34. The molecule has 0 radical (unpaired) electrons. The Hall–Kier alpha value is -3.40. The Morgan fingerprint density at radius 1 is 1.24 bits per heavy atom. The monoisotopic (exact) mass is 456 g/mol. The van der Waals surface area contributed by atoms with E-state index in [2.05, 4.69) is 5.32 Å². The molecule has 5 rings (SSSR count). The zero-order valence-electron chi connectivity index (χ0n) is 18.2. The highest BCUT2D eigenvalue weighted by atomic mass is 16.7. The minimum atomic E-state index is -0.944. The summed E-state index contributed by atoms with van der Waals surface area (Å²) in [5.41, 5.74) is 1.72. The number of nitrogens with one attached hydrogen (secondary N) is 1. The molecule has 0 amide bonds. The van der Waals surface area contributed by atoms with E-state index in [1.165, 1.54) is 12.1 Å². The first-order valence-corrected chi connectivity index (χ1v) is 11.0. The molecule has 1 N–H and O–H groups in total. The highest BCUT2D eigenvalue weighted by molar-refractivity contribution is 6.04. The van der Waals surface area contributed by atoms with Gasteiger partial charge in [-0.05, 0) is 38.7 Å². The first-order valence-electron chi connectivity index (χ1n) is 11.0. The molecule has 0 bridgehead atoms. The van der Waals surface area contributed by atoms with Crippen LogP contribution in [0.25, 0.3) is 0 Å². The topological polar surface area (TPSA) is 126 Å². The fraction of sp³-hybridized carbons (Fsp3) is 0.478. The van der Waals surface area contributed by atoms with E-state index in [9.17, 15) is 19.7 Å². The lowest BCUT2D eigenvalue weighted by molar-refractivity contribution is -0.385. The molecule has 0 saturated carbocycles. The SMILES string of the molecule is CC1=C(C(=O)OCC2CCCO2)C(c2cc3c(cc2[N+](=O)[O-])OCO3)C2=C(CCCC2=O)N1. The first kappa shape index (κ1) is 21.4. The molecular weight excluding hydrogens is 432 g/mol. The van der Waals surface area contributed by atoms with E-state index >= 15 is 0 Å². The molecule has 33 heavy (non-hydrogen) atoms. The molecule has 1 aromatic rings. The van der Waals surface area contributed by atoms with Gasteiger partial charge in [0, 0.05) is 35.6 Å². The molecule has 0 aromatic heterocycles. The number of nitro benzene ring substituents is 1. The quantitative estimate of drug-likeness (QED) is 0.404. The van der Waals surface area contributed by atoms with Crippen LogP contribution in [-0.2, 0) is 19.1 Å². The third-order valence-corrected chi connectivity index (χ3v) is 6.45. The number of dihydropyridines is 1. The Balaban J connectivity index is 1.61. The van der Waals surface area contributed by atoms with Gasteiger partial charge in [-0.1, -0.05) is 0 Å². The fourth-order valence-corrected chi connectivity index (χ4v) is 4.92. The molecular formula is C23H24N2O8. The van der Waals surface area contributed by atoms with Gasteiger partial charge in [-0.3, -0.25) is 14.9 Å². The van der Waals surface area contributed by atoms with Crippen LogP contribution in [0.1, 0.15) is 50.5 Å². The molecule has 10 heteroatoms. The lowest BCUT2D eigenvalue weighted by Crippen LogP contribution is -2.35. The van der Waals surface area contributed by atoms with E-state index in [1.54, 1.807) is 6.92 Å². The highest BCUT2D eigenvalue weighted by Gasteiger charge is 2.43. The van der Waals surface area contributed by atoms with E-state index in [0.29, 0.717) is 48.6 Å². The summed E-state index contributed by atoms with van der Waals surface area (Å²) in [6.45, 7) is 2.38.